The molecule has 0 radical (unpaired) electrons. The number of rotatable bonds is 2. The van der Waals surface area contributed by atoms with Crippen molar-refractivity contribution in [1.82, 2.24) is 10.2 Å². The zero-order valence-electron chi connectivity index (χ0n) is 5.87. The normalized spacial score (nSPS) is 11.9. The Morgan fingerprint density at radius 3 is 2.60 bits per heavy atom. The molecule has 0 rings (SSSR count). The van der Waals surface area contributed by atoms with Crippen LogP contribution in [0, 0.1) is 0 Å². The molecule has 0 aliphatic rings. The highest BCUT2D eigenvalue weighted by atomic mass is 16.3. The van der Waals surface area contributed by atoms with Gasteiger partial charge in [0.05, 0.1) is 0 Å². The molecule has 0 aliphatic carbocycles. The van der Waals surface area contributed by atoms with E-state index in [1.165, 1.54) is 14.1 Å². The summed E-state index contributed by atoms with van der Waals surface area (Å²) in [4.78, 5) is 21.4. The number of amides is 2. The van der Waals surface area contributed by atoms with E-state index in [-0.39, 0.29) is 6.29 Å². The fraction of sp³-hybridized carbons (Fsp3) is 0.600. The van der Waals surface area contributed by atoms with E-state index < -0.39 is 12.3 Å². The molecule has 2 amide bonds. The highest BCUT2D eigenvalue weighted by Crippen LogP contribution is 1.87. The van der Waals surface area contributed by atoms with E-state index in [9.17, 15) is 9.59 Å². The molecule has 0 fully saturated rings. The molecular weight excluding hydrogens is 136 g/mol. The summed E-state index contributed by atoms with van der Waals surface area (Å²) in [6, 6.07) is -0.500. The fourth-order valence-electron chi connectivity index (χ4n) is 0.388. The van der Waals surface area contributed by atoms with Gasteiger partial charge in [-0.3, -0.25) is 9.69 Å². The van der Waals surface area contributed by atoms with Crippen molar-refractivity contribution in [2.45, 2.75) is 6.23 Å². The van der Waals surface area contributed by atoms with Gasteiger partial charge in [-0.25, -0.2) is 4.79 Å². The Morgan fingerprint density at radius 2 is 2.30 bits per heavy atom. The summed E-state index contributed by atoms with van der Waals surface area (Å²) >= 11 is 0. The minimum absolute atomic E-state index is 0.273. The molecule has 5 nitrogen and oxygen atoms in total. The van der Waals surface area contributed by atoms with Crippen LogP contribution in [0.15, 0.2) is 0 Å². The van der Waals surface area contributed by atoms with Gasteiger partial charge in [-0.1, -0.05) is 0 Å². The number of aliphatic hydroxyl groups is 1. The number of urea groups is 1. The van der Waals surface area contributed by atoms with Gasteiger partial charge < -0.3 is 10.4 Å². The molecule has 58 valence electrons. The quantitative estimate of drug-likeness (QED) is 0.379. The minimum Gasteiger partial charge on any atom is -0.367 e. The summed E-state index contributed by atoms with van der Waals surface area (Å²) in [5.41, 5.74) is 0. The molecule has 0 heterocycles. The average Bonchev–Trinajstić information content (AvgIpc) is 2.00. The van der Waals surface area contributed by atoms with Gasteiger partial charge in [0.1, 0.15) is 0 Å². The summed E-state index contributed by atoms with van der Waals surface area (Å²) < 4.78 is 0. The predicted molar refractivity (Wildman–Crippen MR) is 34.3 cm³/mol. The maximum Gasteiger partial charge on any atom is 0.319 e. The SMILES string of the molecule is CNC(=O)N(C)C(O)C=O. The smallest absolute Gasteiger partial charge is 0.319 e. The van der Waals surface area contributed by atoms with Crippen LogP contribution in [0.3, 0.4) is 0 Å². The molecule has 0 aromatic rings. The molecule has 10 heavy (non-hydrogen) atoms. The van der Waals surface area contributed by atoms with Crippen LogP contribution in [0.5, 0.6) is 0 Å². The van der Waals surface area contributed by atoms with Crippen molar-refractivity contribution >= 4 is 12.3 Å². The van der Waals surface area contributed by atoms with Crippen molar-refractivity contribution in [3.63, 3.8) is 0 Å². The summed E-state index contributed by atoms with van der Waals surface area (Å²) in [7, 11) is 2.73. The van der Waals surface area contributed by atoms with Crippen LogP contribution < -0.4 is 5.32 Å². The van der Waals surface area contributed by atoms with Gasteiger partial charge in [0, 0.05) is 14.1 Å². The van der Waals surface area contributed by atoms with E-state index in [1.807, 2.05) is 0 Å². The van der Waals surface area contributed by atoms with Gasteiger partial charge in [0.15, 0.2) is 12.5 Å². The Bertz CT molecular complexity index is 137. The lowest BCUT2D eigenvalue weighted by atomic mass is 10.5. The first-order valence-corrected chi connectivity index (χ1v) is 2.71. The van der Waals surface area contributed by atoms with Crippen molar-refractivity contribution in [1.29, 1.82) is 0 Å². The Balaban J connectivity index is 3.93. The van der Waals surface area contributed by atoms with Gasteiger partial charge in [-0.2, -0.15) is 0 Å². The lowest BCUT2D eigenvalue weighted by Crippen LogP contribution is -2.42. The lowest BCUT2D eigenvalue weighted by Gasteiger charge is -2.17. The largest absolute Gasteiger partial charge is 0.367 e. The average molecular weight is 146 g/mol. The predicted octanol–water partition coefficient (Wildman–Crippen LogP) is -1.23. The monoisotopic (exact) mass is 146 g/mol. The van der Waals surface area contributed by atoms with Crippen LogP contribution in [0.4, 0.5) is 4.79 Å². The Hall–Kier alpha value is -1.10. The lowest BCUT2D eigenvalue weighted by molar-refractivity contribution is -0.120. The molecule has 0 aromatic heterocycles. The zero-order valence-corrected chi connectivity index (χ0v) is 5.87. The number of likely N-dealkylation sites (N-methyl/N-ethyl adjacent to an activating group) is 1. The number of hydrogen-bond donors (Lipinski definition) is 2. The second kappa shape index (κ2) is 3.84. The Labute approximate surface area is 58.6 Å². The van der Waals surface area contributed by atoms with Gasteiger partial charge in [0.25, 0.3) is 0 Å². The fourth-order valence-corrected chi connectivity index (χ4v) is 0.388. The van der Waals surface area contributed by atoms with E-state index in [4.69, 9.17) is 5.11 Å². The molecular formula is C5H10N2O3. The van der Waals surface area contributed by atoms with Crippen molar-refractivity contribution in [2.75, 3.05) is 14.1 Å². The number of nitrogens with one attached hydrogen (secondary N) is 1. The second-order valence-electron chi connectivity index (χ2n) is 1.72. The van der Waals surface area contributed by atoms with Crippen LogP contribution >= 0.6 is 0 Å². The molecule has 2 N–H and O–H groups in total. The first-order valence-electron chi connectivity index (χ1n) is 2.71. The van der Waals surface area contributed by atoms with Crippen LogP contribution in [0.2, 0.25) is 0 Å². The number of aliphatic hydroxyl groups excluding tert-OH is 1. The molecule has 0 bridgehead atoms. The summed E-state index contributed by atoms with van der Waals surface area (Å²) in [5.74, 6) is 0. The molecule has 1 unspecified atom stereocenters. The number of carbonyl (C=O) groups excluding carboxylic acids is 2. The van der Waals surface area contributed by atoms with Crippen molar-refractivity contribution in [2.24, 2.45) is 0 Å². The van der Waals surface area contributed by atoms with Crippen molar-refractivity contribution < 1.29 is 14.7 Å². The molecule has 1 atom stereocenters. The Morgan fingerprint density at radius 1 is 1.80 bits per heavy atom. The molecule has 0 saturated carbocycles. The Kier molecular flexibility index (Phi) is 3.42. The van der Waals surface area contributed by atoms with E-state index in [0.29, 0.717) is 0 Å². The van der Waals surface area contributed by atoms with Crippen LogP contribution in [0.1, 0.15) is 0 Å². The maximum atomic E-state index is 10.6. The highest BCUT2D eigenvalue weighted by molar-refractivity contribution is 5.76. The molecule has 0 aliphatic heterocycles. The van der Waals surface area contributed by atoms with Crippen LogP contribution in [0.25, 0.3) is 0 Å². The second-order valence-corrected chi connectivity index (χ2v) is 1.72. The summed E-state index contributed by atoms with van der Waals surface area (Å²) in [5, 5.41) is 11.0. The standard InChI is InChI=1S/C5H10N2O3/c1-6-5(10)7(2)4(9)3-8/h3-4,9H,1-2H3,(H,6,10). The van der Waals surface area contributed by atoms with E-state index in [1.54, 1.807) is 0 Å². The zero-order chi connectivity index (χ0) is 8.15. The number of nitrogens with zero attached hydrogens (tertiary/aromatic N) is 1. The maximum absolute atomic E-state index is 10.6. The van der Waals surface area contributed by atoms with E-state index >= 15 is 0 Å². The van der Waals surface area contributed by atoms with Gasteiger partial charge in [-0.05, 0) is 0 Å². The van der Waals surface area contributed by atoms with Crippen molar-refractivity contribution in [3.05, 3.63) is 0 Å². The van der Waals surface area contributed by atoms with Crippen molar-refractivity contribution in [3.8, 4) is 0 Å². The molecule has 0 saturated heterocycles. The van der Waals surface area contributed by atoms with Crippen LogP contribution in [-0.4, -0.2) is 42.6 Å². The van der Waals surface area contributed by atoms with Gasteiger partial charge >= 0.3 is 6.03 Å². The third kappa shape index (κ3) is 2.02. The summed E-state index contributed by atoms with van der Waals surface area (Å²) in [6.07, 6.45) is -1.09. The molecule has 0 spiro atoms. The topological polar surface area (TPSA) is 69.6 Å². The highest BCUT2D eigenvalue weighted by Gasteiger charge is 2.13. The van der Waals surface area contributed by atoms with Crippen LogP contribution in [-0.2, 0) is 4.79 Å². The third-order valence-corrected chi connectivity index (χ3v) is 1.05. The third-order valence-electron chi connectivity index (χ3n) is 1.05. The minimum atomic E-state index is -1.36. The first kappa shape index (κ1) is 8.90. The number of aldehydes is 1. The molecule has 0 aromatic carbocycles. The van der Waals surface area contributed by atoms with E-state index in [0.717, 1.165) is 4.90 Å². The van der Waals surface area contributed by atoms with Gasteiger partial charge in [0.2, 0.25) is 0 Å². The number of carbonyl (C=O) groups is 2. The van der Waals surface area contributed by atoms with E-state index in [2.05, 4.69) is 5.32 Å². The number of hydrogen-bond acceptors (Lipinski definition) is 3. The first-order chi connectivity index (χ1) is 4.63. The molecule has 5 heteroatoms. The summed E-state index contributed by atoms with van der Waals surface area (Å²) in [6.45, 7) is 0. The van der Waals surface area contributed by atoms with Gasteiger partial charge in [-0.15, -0.1) is 0 Å².